The van der Waals surface area contributed by atoms with E-state index in [0.29, 0.717) is 24.5 Å². The van der Waals surface area contributed by atoms with Crippen molar-refractivity contribution in [2.45, 2.75) is 44.9 Å². The van der Waals surface area contributed by atoms with Gasteiger partial charge in [-0.1, -0.05) is 50.2 Å². The van der Waals surface area contributed by atoms with Crippen LogP contribution in [0.3, 0.4) is 0 Å². The van der Waals surface area contributed by atoms with E-state index in [9.17, 15) is 9.36 Å². The smallest absolute Gasteiger partial charge is 0.453 e. The third kappa shape index (κ3) is 5.57. The van der Waals surface area contributed by atoms with Crippen LogP contribution < -0.4 is 27.2 Å². The summed E-state index contributed by atoms with van der Waals surface area (Å²) in [7, 11) is -3.72. The van der Waals surface area contributed by atoms with Crippen molar-refractivity contribution >= 4 is 13.5 Å². The monoisotopic (exact) mass is 452 g/mol. The maximum absolute atomic E-state index is 14.1. The molecule has 1 aliphatic rings. The van der Waals surface area contributed by atoms with Crippen molar-refractivity contribution in [3.63, 3.8) is 0 Å². The predicted octanol–water partition coefficient (Wildman–Crippen LogP) is 0.947. The molecule has 3 atom stereocenters. The minimum Gasteiger partial charge on any atom is -1.00 e. The Kier molecular flexibility index (Phi) is 8.78. The summed E-state index contributed by atoms with van der Waals surface area (Å²) in [4.78, 5) is 14.8. The van der Waals surface area contributed by atoms with Gasteiger partial charge in [0.15, 0.2) is 11.8 Å². The van der Waals surface area contributed by atoms with Gasteiger partial charge in [0.2, 0.25) is 0 Å². The molecule has 1 aliphatic heterocycles. The van der Waals surface area contributed by atoms with Crippen LogP contribution in [0.25, 0.3) is 0 Å². The Morgan fingerprint density at radius 2 is 1.60 bits per heavy atom. The Labute approximate surface area is 184 Å². The van der Waals surface area contributed by atoms with Crippen molar-refractivity contribution in [1.82, 2.24) is 4.90 Å². The highest BCUT2D eigenvalue weighted by Crippen LogP contribution is 2.57. The lowest BCUT2D eigenvalue weighted by molar-refractivity contribution is -0.417. The number of carbonyl (C=O) groups excluding carboxylic acids is 1. The maximum atomic E-state index is 14.1. The number of hydrogen-bond acceptors (Lipinski definition) is 4. The zero-order valence-electron chi connectivity index (χ0n) is 17.4. The molecule has 1 saturated heterocycles. The number of rotatable bonds is 8. The molecule has 30 heavy (non-hydrogen) atoms. The minimum atomic E-state index is -3.72. The van der Waals surface area contributed by atoms with Crippen molar-refractivity contribution < 1.29 is 36.5 Å². The van der Waals surface area contributed by atoms with E-state index in [2.05, 4.69) is 5.73 Å². The molecule has 164 valence electrons. The van der Waals surface area contributed by atoms with E-state index in [-0.39, 0.29) is 30.3 Å². The standard InChI is InChI=1S/C22H29N2O4P.ClH/c1-3-17(2)21(23)22(25)24-16-10-15-20(24)29(26,27-18-11-6-4-7-12-18)28-19-13-8-5-9-14-19;/h4-9,11-14,17,20-21H,3,10,15-16,23H2,1-2H3;1H/t17-,20+,21-;/m0./s1. The van der Waals surface area contributed by atoms with Crippen LogP contribution in [0.2, 0.25) is 0 Å². The summed E-state index contributed by atoms with van der Waals surface area (Å²) in [5.41, 5.74) is 4.08. The zero-order valence-corrected chi connectivity index (χ0v) is 19.1. The van der Waals surface area contributed by atoms with Gasteiger partial charge in [-0.05, 0) is 43.5 Å². The van der Waals surface area contributed by atoms with E-state index in [4.69, 9.17) is 9.05 Å². The fraction of sp³-hybridized carbons (Fsp3) is 0.409. The summed E-state index contributed by atoms with van der Waals surface area (Å²) in [5.74, 6) is 0.339. The number of likely N-dealkylation sites (tertiary alicyclic amines) is 1. The number of carbonyl (C=O) groups is 1. The predicted molar refractivity (Wildman–Crippen MR) is 113 cm³/mol. The topological polar surface area (TPSA) is 83.5 Å². The Bertz CT molecular complexity index is 807. The van der Waals surface area contributed by atoms with Crippen molar-refractivity contribution in [3.05, 3.63) is 60.7 Å². The summed E-state index contributed by atoms with van der Waals surface area (Å²) in [6, 6.07) is 17.6. The molecule has 2 aromatic rings. The molecule has 0 bridgehead atoms. The van der Waals surface area contributed by atoms with Crippen LogP contribution in [-0.2, 0) is 9.36 Å². The van der Waals surface area contributed by atoms with Gasteiger partial charge in [0.1, 0.15) is 11.5 Å². The van der Waals surface area contributed by atoms with E-state index in [0.717, 1.165) is 12.8 Å². The molecular formula is C22H30ClN2O4P. The first kappa shape index (κ1) is 24.3. The number of amides is 1. The highest BCUT2D eigenvalue weighted by molar-refractivity contribution is 7.55. The Morgan fingerprint density at radius 1 is 1.10 bits per heavy atom. The van der Waals surface area contributed by atoms with E-state index in [1.807, 2.05) is 50.2 Å². The van der Waals surface area contributed by atoms with Gasteiger partial charge in [0, 0.05) is 12.5 Å². The molecule has 3 N–H and O–H groups in total. The largest absolute Gasteiger partial charge is 1.00 e. The molecule has 1 fully saturated rings. The van der Waals surface area contributed by atoms with Gasteiger partial charge in [0.25, 0.3) is 5.91 Å². The number of benzene rings is 2. The quantitative estimate of drug-likeness (QED) is 0.604. The first-order chi connectivity index (χ1) is 13.9. The second kappa shape index (κ2) is 10.9. The highest BCUT2D eigenvalue weighted by Gasteiger charge is 2.49. The second-order valence-electron chi connectivity index (χ2n) is 7.50. The average Bonchev–Trinajstić information content (AvgIpc) is 3.24. The summed E-state index contributed by atoms with van der Waals surface area (Å²) < 4.78 is 26.0. The first-order valence-corrected chi connectivity index (χ1v) is 11.8. The van der Waals surface area contributed by atoms with Crippen LogP contribution in [0.4, 0.5) is 0 Å². The van der Waals surface area contributed by atoms with Crippen LogP contribution in [0.5, 0.6) is 11.5 Å². The summed E-state index contributed by atoms with van der Waals surface area (Å²) >= 11 is 0. The normalized spacial score (nSPS) is 18.2. The molecule has 0 saturated carbocycles. The van der Waals surface area contributed by atoms with Crippen LogP contribution >= 0.6 is 7.60 Å². The van der Waals surface area contributed by atoms with Crippen LogP contribution in [-0.4, -0.2) is 29.2 Å². The molecule has 0 radical (unpaired) electrons. The fourth-order valence-electron chi connectivity index (χ4n) is 3.47. The summed E-state index contributed by atoms with van der Waals surface area (Å²) in [6.07, 6.45) is 2.18. The Morgan fingerprint density at radius 3 is 2.07 bits per heavy atom. The third-order valence-corrected chi connectivity index (χ3v) is 7.67. The van der Waals surface area contributed by atoms with Crippen molar-refractivity contribution in [2.24, 2.45) is 5.92 Å². The molecule has 1 amide bonds. The third-order valence-electron chi connectivity index (χ3n) is 5.47. The number of nitrogens with zero attached hydrogens (tertiary/aromatic N) is 1. The Hall–Kier alpha value is -2.01. The van der Waals surface area contributed by atoms with E-state index >= 15 is 0 Å². The molecule has 3 rings (SSSR count). The van der Waals surface area contributed by atoms with Crippen molar-refractivity contribution in [1.29, 1.82) is 0 Å². The number of quaternary nitrogens is 1. The van der Waals surface area contributed by atoms with Gasteiger partial charge in [-0.3, -0.25) is 4.79 Å². The zero-order chi connectivity index (χ0) is 20.9. The van der Waals surface area contributed by atoms with Gasteiger partial charge < -0.3 is 32.1 Å². The molecule has 1 heterocycles. The minimum absolute atomic E-state index is 0. The lowest BCUT2D eigenvalue weighted by atomic mass is 9.99. The van der Waals surface area contributed by atoms with Crippen molar-refractivity contribution in [2.75, 3.05) is 6.54 Å². The average molecular weight is 453 g/mol. The Balaban J connectivity index is 0.00000320. The fourth-order valence-corrected chi connectivity index (χ4v) is 5.65. The molecule has 2 aromatic carbocycles. The van der Waals surface area contributed by atoms with Gasteiger partial charge in [-0.15, -0.1) is 0 Å². The second-order valence-corrected chi connectivity index (χ2v) is 9.54. The van der Waals surface area contributed by atoms with Crippen molar-refractivity contribution in [3.8, 4) is 11.5 Å². The van der Waals surface area contributed by atoms with Gasteiger partial charge in [-0.25, -0.2) is 4.57 Å². The van der Waals surface area contributed by atoms with Gasteiger partial charge in [-0.2, -0.15) is 0 Å². The van der Waals surface area contributed by atoms with Gasteiger partial charge >= 0.3 is 7.60 Å². The van der Waals surface area contributed by atoms with Crippen LogP contribution in [0, 0.1) is 5.92 Å². The molecule has 6 nitrogen and oxygen atoms in total. The number of halogens is 1. The lowest BCUT2D eigenvalue weighted by Gasteiger charge is -2.32. The molecule has 8 heteroatoms. The molecule has 0 unspecified atom stereocenters. The van der Waals surface area contributed by atoms with E-state index in [1.165, 1.54) is 0 Å². The number of para-hydroxylation sites is 2. The highest BCUT2D eigenvalue weighted by atomic mass is 35.5. The summed E-state index contributed by atoms with van der Waals surface area (Å²) in [6.45, 7) is 4.59. The first-order valence-electron chi connectivity index (χ1n) is 10.2. The van der Waals surface area contributed by atoms with E-state index < -0.39 is 13.4 Å². The number of hydrogen-bond donors (Lipinski definition) is 1. The molecule has 0 aromatic heterocycles. The molecule has 0 spiro atoms. The SMILES string of the molecule is CC[C@H](C)[C@H]([NH3+])C(=O)N1CCC[C@H]1P(=O)(Oc1ccccc1)Oc1ccccc1.[Cl-]. The van der Waals surface area contributed by atoms with Crippen LogP contribution in [0.15, 0.2) is 60.7 Å². The van der Waals surface area contributed by atoms with Gasteiger partial charge in [0.05, 0.1) is 0 Å². The van der Waals surface area contributed by atoms with Crippen LogP contribution in [0.1, 0.15) is 33.1 Å². The molecular weight excluding hydrogens is 423 g/mol. The summed E-state index contributed by atoms with van der Waals surface area (Å²) in [5, 5.41) is 0. The maximum Gasteiger partial charge on any atom is 0.453 e. The molecule has 0 aliphatic carbocycles. The van der Waals surface area contributed by atoms with E-state index in [1.54, 1.807) is 29.2 Å². The lowest BCUT2D eigenvalue weighted by Crippen LogP contribution is -3.00.